The number of alkyl halides is 3. The summed E-state index contributed by atoms with van der Waals surface area (Å²) < 4.78 is 53.6. The summed E-state index contributed by atoms with van der Waals surface area (Å²) >= 11 is 0. The third kappa shape index (κ3) is 4.80. The zero-order valence-electron chi connectivity index (χ0n) is 18.8. The zero-order chi connectivity index (χ0) is 24.6. The fourth-order valence-electron chi connectivity index (χ4n) is 5.01. The minimum Gasteiger partial charge on any atom is -0.368 e. The van der Waals surface area contributed by atoms with Crippen LogP contribution in [0.1, 0.15) is 16.7 Å². The molecular weight excluding hydrogens is 460 g/mol. The van der Waals surface area contributed by atoms with Crippen LogP contribution in [-0.4, -0.2) is 36.6 Å². The van der Waals surface area contributed by atoms with E-state index >= 15 is 0 Å². The molecule has 2 aromatic carbocycles. The van der Waals surface area contributed by atoms with Crippen molar-refractivity contribution < 1.29 is 22.4 Å². The third-order valence-electron chi connectivity index (χ3n) is 6.78. The van der Waals surface area contributed by atoms with Gasteiger partial charge in [0.2, 0.25) is 5.91 Å². The van der Waals surface area contributed by atoms with Gasteiger partial charge in [-0.3, -0.25) is 9.78 Å². The number of aromatic nitrogens is 1. The van der Waals surface area contributed by atoms with Gasteiger partial charge in [0.25, 0.3) is 0 Å². The minimum atomic E-state index is -4.45. The average Bonchev–Trinajstić information content (AvgIpc) is 2.86. The number of hydrogen-bond acceptors (Lipinski definition) is 4. The molecular formula is C26H24F4N4O. The third-order valence-corrected chi connectivity index (χ3v) is 6.78. The zero-order valence-corrected chi connectivity index (χ0v) is 18.8. The molecule has 1 saturated heterocycles. The number of pyridine rings is 1. The summed E-state index contributed by atoms with van der Waals surface area (Å²) in [5.41, 5.74) is 2.28. The molecule has 0 aliphatic carbocycles. The van der Waals surface area contributed by atoms with Gasteiger partial charge in [0, 0.05) is 49.9 Å². The van der Waals surface area contributed by atoms with Crippen molar-refractivity contribution in [2.75, 3.05) is 29.4 Å². The van der Waals surface area contributed by atoms with E-state index in [1.165, 1.54) is 24.3 Å². The van der Waals surface area contributed by atoms with Gasteiger partial charge in [0.1, 0.15) is 5.82 Å². The van der Waals surface area contributed by atoms with Gasteiger partial charge >= 0.3 is 6.18 Å². The molecule has 0 spiro atoms. The van der Waals surface area contributed by atoms with Gasteiger partial charge < -0.3 is 15.1 Å². The first kappa shape index (κ1) is 23.1. The van der Waals surface area contributed by atoms with Gasteiger partial charge in [-0.1, -0.05) is 0 Å². The van der Waals surface area contributed by atoms with Gasteiger partial charge in [0.05, 0.1) is 17.5 Å². The molecule has 2 aliphatic heterocycles. The van der Waals surface area contributed by atoms with Gasteiger partial charge in [-0.25, -0.2) is 4.39 Å². The maximum absolute atomic E-state index is 13.4. The Labute approximate surface area is 200 Å². The molecule has 1 aromatic heterocycles. The molecule has 1 N–H and O–H groups in total. The number of nitrogens with one attached hydrogen (secondary N) is 1. The van der Waals surface area contributed by atoms with Crippen molar-refractivity contribution in [1.82, 2.24) is 10.3 Å². The molecule has 9 heteroatoms. The Kier molecular flexibility index (Phi) is 6.08. The van der Waals surface area contributed by atoms with E-state index in [9.17, 15) is 22.4 Å². The number of carbonyl (C=O) groups excluding carboxylic acids is 1. The Morgan fingerprint density at radius 1 is 1.03 bits per heavy atom. The number of piperazine rings is 1. The van der Waals surface area contributed by atoms with E-state index < -0.39 is 17.7 Å². The van der Waals surface area contributed by atoms with Crippen LogP contribution in [0, 0.1) is 11.7 Å². The molecule has 0 radical (unpaired) electrons. The highest BCUT2D eigenvalue weighted by Crippen LogP contribution is 2.40. The summed E-state index contributed by atoms with van der Waals surface area (Å²) in [6, 6.07) is 13.4. The smallest absolute Gasteiger partial charge is 0.368 e. The van der Waals surface area contributed by atoms with Gasteiger partial charge in [-0.2, -0.15) is 13.2 Å². The summed E-state index contributed by atoms with van der Waals surface area (Å²) in [5, 5.41) is 2.96. The molecule has 3 heterocycles. The highest BCUT2D eigenvalue weighted by molar-refractivity contribution is 5.82. The van der Waals surface area contributed by atoms with Crippen LogP contribution in [0.5, 0.6) is 0 Å². The van der Waals surface area contributed by atoms with E-state index in [4.69, 9.17) is 0 Å². The fraction of sp³-hybridized carbons (Fsp3) is 0.308. The second-order valence-corrected chi connectivity index (χ2v) is 8.91. The number of carbonyl (C=O) groups is 1. The summed E-state index contributed by atoms with van der Waals surface area (Å²) in [5.74, 6) is -1.08. The number of fused-ring (bicyclic) bond motifs is 3. The molecule has 2 aliphatic rings. The molecule has 35 heavy (non-hydrogen) atoms. The topological polar surface area (TPSA) is 48.5 Å². The van der Waals surface area contributed by atoms with E-state index in [2.05, 4.69) is 20.1 Å². The van der Waals surface area contributed by atoms with Crippen LogP contribution in [0.15, 0.2) is 67.0 Å². The summed E-state index contributed by atoms with van der Waals surface area (Å²) in [7, 11) is 0. The lowest BCUT2D eigenvalue weighted by molar-refractivity contribution is -0.137. The first-order valence-corrected chi connectivity index (χ1v) is 11.4. The second-order valence-electron chi connectivity index (χ2n) is 8.91. The van der Waals surface area contributed by atoms with Gasteiger partial charge in [0.15, 0.2) is 0 Å². The van der Waals surface area contributed by atoms with Crippen LogP contribution in [0.4, 0.5) is 28.9 Å². The average molecular weight is 484 g/mol. The fourth-order valence-corrected chi connectivity index (χ4v) is 5.01. The Hall–Kier alpha value is -3.62. The van der Waals surface area contributed by atoms with Crippen molar-refractivity contribution in [1.29, 1.82) is 0 Å². The first-order chi connectivity index (χ1) is 16.8. The monoisotopic (exact) mass is 484 g/mol. The van der Waals surface area contributed by atoms with Gasteiger partial charge in [-0.15, -0.1) is 0 Å². The molecule has 2 atom stereocenters. The van der Waals surface area contributed by atoms with Crippen LogP contribution in [0.25, 0.3) is 0 Å². The molecule has 0 saturated carbocycles. The highest BCUT2D eigenvalue weighted by Gasteiger charge is 2.42. The lowest BCUT2D eigenvalue weighted by Crippen LogP contribution is -2.61. The predicted molar refractivity (Wildman–Crippen MR) is 124 cm³/mol. The maximum Gasteiger partial charge on any atom is 0.416 e. The molecule has 1 fully saturated rings. The number of hydrogen-bond donors (Lipinski definition) is 1. The first-order valence-electron chi connectivity index (χ1n) is 11.4. The Morgan fingerprint density at radius 2 is 1.77 bits per heavy atom. The molecule has 5 rings (SSSR count). The SMILES string of the molecule is O=C(NCc1ccncc1)[C@@H]1Cc2cc(C(F)(F)F)ccc2N2CCN(c3ccc(F)cc3)C[C@@H]12. The van der Waals surface area contributed by atoms with Crippen LogP contribution in [-0.2, 0) is 23.9 Å². The Bertz CT molecular complexity index is 1200. The number of nitrogens with zero attached hydrogens (tertiary/aromatic N) is 3. The predicted octanol–water partition coefficient (Wildman–Crippen LogP) is 4.42. The largest absolute Gasteiger partial charge is 0.416 e. The second kappa shape index (κ2) is 9.20. The normalized spacial score (nSPS) is 19.7. The minimum absolute atomic E-state index is 0.208. The summed E-state index contributed by atoms with van der Waals surface area (Å²) in [6.45, 7) is 1.95. The van der Waals surface area contributed by atoms with Crippen LogP contribution < -0.4 is 15.1 Å². The Morgan fingerprint density at radius 3 is 2.49 bits per heavy atom. The molecule has 3 aromatic rings. The lowest BCUT2D eigenvalue weighted by Gasteiger charge is -2.49. The van der Waals surface area contributed by atoms with Crippen molar-refractivity contribution in [3.8, 4) is 0 Å². The number of amides is 1. The van der Waals surface area contributed by atoms with Crippen molar-refractivity contribution in [2.24, 2.45) is 5.92 Å². The number of rotatable bonds is 4. The van der Waals surface area contributed by atoms with E-state index in [1.54, 1.807) is 36.7 Å². The van der Waals surface area contributed by atoms with Crippen molar-refractivity contribution in [3.63, 3.8) is 0 Å². The lowest BCUT2D eigenvalue weighted by atomic mass is 9.82. The van der Waals surface area contributed by atoms with Crippen molar-refractivity contribution in [3.05, 3.63) is 89.5 Å². The van der Waals surface area contributed by atoms with E-state index in [0.29, 0.717) is 31.7 Å². The van der Waals surface area contributed by atoms with Crippen molar-refractivity contribution >= 4 is 17.3 Å². The quantitative estimate of drug-likeness (QED) is 0.557. The van der Waals surface area contributed by atoms with Crippen LogP contribution in [0.2, 0.25) is 0 Å². The molecule has 0 unspecified atom stereocenters. The maximum atomic E-state index is 13.4. The number of benzene rings is 2. The number of anilines is 2. The van der Waals surface area contributed by atoms with Crippen molar-refractivity contribution in [2.45, 2.75) is 25.2 Å². The molecule has 5 nitrogen and oxygen atoms in total. The van der Waals surface area contributed by atoms with Crippen LogP contribution >= 0.6 is 0 Å². The molecule has 0 bridgehead atoms. The summed E-state index contributed by atoms with van der Waals surface area (Å²) in [6.07, 6.45) is -0.965. The summed E-state index contributed by atoms with van der Waals surface area (Å²) in [4.78, 5) is 21.5. The Balaban J connectivity index is 1.44. The van der Waals surface area contributed by atoms with Crippen LogP contribution in [0.3, 0.4) is 0 Å². The standard InChI is InChI=1S/C26H24F4N4O/c27-20-2-4-21(5-3-20)33-11-12-34-23-6-1-19(26(28,29)30)13-18(23)14-22(24(34)16-33)25(35)32-15-17-7-9-31-10-8-17/h1-10,13,22,24H,11-12,14-16H2,(H,32,35)/t22-,24+/m1/s1. The molecule has 1 amide bonds. The van der Waals surface area contributed by atoms with E-state index in [0.717, 1.165) is 23.0 Å². The van der Waals surface area contributed by atoms with E-state index in [1.807, 2.05) is 0 Å². The van der Waals surface area contributed by atoms with E-state index in [-0.39, 0.29) is 24.2 Å². The molecule has 182 valence electrons. The van der Waals surface area contributed by atoms with Gasteiger partial charge in [-0.05, 0) is 72.1 Å². The highest BCUT2D eigenvalue weighted by atomic mass is 19.4. The number of halogens is 4.